The lowest BCUT2D eigenvalue weighted by molar-refractivity contribution is -0.120. The fraction of sp³-hybridized carbons (Fsp3) is 0.538. The highest BCUT2D eigenvalue weighted by molar-refractivity contribution is 5.84. The number of hydrogen-bond donors (Lipinski definition) is 0. The Morgan fingerprint density at radius 1 is 1.40 bits per heavy atom. The molecule has 15 heavy (non-hydrogen) atoms. The minimum atomic E-state index is -0.0527. The third kappa shape index (κ3) is 3.82. The van der Waals surface area contributed by atoms with Gasteiger partial charge in [0.15, 0.2) is 0 Å². The van der Waals surface area contributed by atoms with Gasteiger partial charge in [-0.05, 0) is 25.5 Å². The normalized spacial score (nSPS) is 12.4. The number of nitrogens with zero attached hydrogens (tertiary/aromatic N) is 1. The number of carbonyl (C=O) groups is 1. The number of rotatable bonds is 6. The number of carbonyl (C=O) groups excluding carboxylic acids is 1. The second-order valence-electron chi connectivity index (χ2n) is 3.90. The smallest absolute Gasteiger partial charge is 0.141 e. The zero-order valence-corrected chi connectivity index (χ0v) is 9.57. The van der Waals surface area contributed by atoms with Gasteiger partial charge in [0, 0.05) is 12.6 Å². The molecule has 1 rings (SSSR count). The van der Waals surface area contributed by atoms with Gasteiger partial charge in [-0.25, -0.2) is 0 Å². The van der Waals surface area contributed by atoms with E-state index in [-0.39, 0.29) is 5.92 Å². The van der Waals surface area contributed by atoms with Crippen LogP contribution in [0.25, 0.3) is 0 Å². The Morgan fingerprint density at radius 2 is 2.20 bits per heavy atom. The number of pyridine rings is 1. The van der Waals surface area contributed by atoms with Crippen LogP contribution in [-0.4, -0.2) is 10.8 Å². The predicted octanol–water partition coefficient (Wildman–Crippen LogP) is 3.33. The summed E-state index contributed by atoms with van der Waals surface area (Å²) in [5.41, 5.74) is 0.888. The van der Waals surface area contributed by atoms with Crippen LogP contribution in [0.3, 0.4) is 0 Å². The summed E-state index contributed by atoms with van der Waals surface area (Å²) in [5.74, 6) is 0.255. The zero-order valence-electron chi connectivity index (χ0n) is 9.57. The average molecular weight is 205 g/mol. The molecule has 1 heterocycles. The van der Waals surface area contributed by atoms with Crippen molar-refractivity contribution in [2.45, 2.75) is 45.4 Å². The molecule has 82 valence electrons. The van der Waals surface area contributed by atoms with Gasteiger partial charge >= 0.3 is 0 Å². The fourth-order valence-electron chi connectivity index (χ4n) is 1.56. The van der Waals surface area contributed by atoms with Crippen molar-refractivity contribution >= 4 is 5.78 Å². The van der Waals surface area contributed by atoms with Crippen LogP contribution in [0.4, 0.5) is 0 Å². The second-order valence-corrected chi connectivity index (χ2v) is 3.90. The van der Waals surface area contributed by atoms with Crippen LogP contribution in [0.5, 0.6) is 0 Å². The second kappa shape index (κ2) is 6.33. The summed E-state index contributed by atoms with van der Waals surface area (Å²) < 4.78 is 0. The number of unbranched alkanes of at least 4 members (excludes halogenated alkanes) is 2. The van der Waals surface area contributed by atoms with Crippen LogP contribution >= 0.6 is 0 Å². The Bertz CT molecular complexity index is 295. The molecule has 0 radical (unpaired) electrons. The first-order valence-electron chi connectivity index (χ1n) is 5.69. The molecule has 0 N–H and O–H groups in total. The lowest BCUT2D eigenvalue weighted by atomic mass is 9.97. The molecule has 0 bridgehead atoms. The Labute approximate surface area is 91.7 Å². The van der Waals surface area contributed by atoms with Gasteiger partial charge in [0.2, 0.25) is 0 Å². The molecule has 1 unspecified atom stereocenters. The van der Waals surface area contributed by atoms with Crippen molar-refractivity contribution in [2.24, 2.45) is 0 Å². The largest absolute Gasteiger partial charge is 0.299 e. The van der Waals surface area contributed by atoms with Gasteiger partial charge in [0.1, 0.15) is 5.78 Å². The first-order valence-corrected chi connectivity index (χ1v) is 5.69. The van der Waals surface area contributed by atoms with E-state index >= 15 is 0 Å². The molecule has 0 aliphatic carbocycles. The lowest BCUT2D eigenvalue weighted by Gasteiger charge is -2.09. The number of Topliss-reactive ketones (excluding diaryl/α,β-unsaturated/α-hetero) is 1. The SMILES string of the molecule is CCCCCC(=O)C(C)c1ccccn1. The van der Waals surface area contributed by atoms with Gasteiger partial charge in [-0.1, -0.05) is 25.8 Å². The summed E-state index contributed by atoms with van der Waals surface area (Å²) in [5, 5.41) is 0. The maximum Gasteiger partial charge on any atom is 0.141 e. The van der Waals surface area contributed by atoms with Crippen molar-refractivity contribution in [3.63, 3.8) is 0 Å². The van der Waals surface area contributed by atoms with Gasteiger partial charge < -0.3 is 0 Å². The van der Waals surface area contributed by atoms with Crippen molar-refractivity contribution in [2.75, 3.05) is 0 Å². The van der Waals surface area contributed by atoms with E-state index in [0.29, 0.717) is 12.2 Å². The number of hydrogen-bond acceptors (Lipinski definition) is 2. The summed E-state index contributed by atoms with van der Waals surface area (Å²) in [6.07, 6.45) is 5.73. The molecule has 1 atom stereocenters. The lowest BCUT2D eigenvalue weighted by Crippen LogP contribution is -2.10. The third-order valence-electron chi connectivity index (χ3n) is 2.64. The van der Waals surface area contributed by atoms with Gasteiger partial charge in [-0.2, -0.15) is 0 Å². The van der Waals surface area contributed by atoms with Crippen LogP contribution in [0.2, 0.25) is 0 Å². The molecule has 0 aromatic carbocycles. The molecular weight excluding hydrogens is 186 g/mol. The summed E-state index contributed by atoms with van der Waals surface area (Å²) >= 11 is 0. The fourth-order valence-corrected chi connectivity index (χ4v) is 1.56. The Balaban J connectivity index is 2.46. The van der Waals surface area contributed by atoms with Crippen LogP contribution in [0, 0.1) is 0 Å². The first-order chi connectivity index (χ1) is 7.25. The van der Waals surface area contributed by atoms with Gasteiger partial charge in [-0.3, -0.25) is 9.78 Å². The summed E-state index contributed by atoms with van der Waals surface area (Å²) in [6.45, 7) is 4.09. The molecule has 0 saturated heterocycles. The Hall–Kier alpha value is -1.18. The highest BCUT2D eigenvalue weighted by Gasteiger charge is 2.14. The zero-order chi connectivity index (χ0) is 11.1. The van der Waals surface area contributed by atoms with Crippen molar-refractivity contribution < 1.29 is 4.79 Å². The van der Waals surface area contributed by atoms with E-state index in [1.54, 1.807) is 6.20 Å². The van der Waals surface area contributed by atoms with Gasteiger partial charge in [0.25, 0.3) is 0 Å². The molecule has 0 spiro atoms. The van der Waals surface area contributed by atoms with Gasteiger partial charge in [-0.15, -0.1) is 0 Å². The number of aromatic nitrogens is 1. The molecule has 0 fully saturated rings. The molecule has 1 aromatic rings. The summed E-state index contributed by atoms with van der Waals surface area (Å²) in [4.78, 5) is 16.0. The maximum absolute atomic E-state index is 11.8. The Kier molecular flexibility index (Phi) is 5.02. The third-order valence-corrected chi connectivity index (χ3v) is 2.64. The molecule has 0 aliphatic rings. The van der Waals surface area contributed by atoms with Gasteiger partial charge in [0.05, 0.1) is 11.6 Å². The summed E-state index contributed by atoms with van der Waals surface area (Å²) in [6, 6.07) is 5.72. The highest BCUT2D eigenvalue weighted by atomic mass is 16.1. The first kappa shape index (κ1) is 11.9. The maximum atomic E-state index is 11.8. The quantitative estimate of drug-likeness (QED) is 0.667. The standard InChI is InChI=1S/C13H19NO/c1-3-4-5-9-13(15)11(2)12-8-6-7-10-14-12/h6-8,10-11H,3-5,9H2,1-2H3. The monoisotopic (exact) mass is 205 g/mol. The topological polar surface area (TPSA) is 30.0 Å². The summed E-state index contributed by atoms with van der Waals surface area (Å²) in [7, 11) is 0. The van der Waals surface area contributed by atoms with Crippen LogP contribution in [0.15, 0.2) is 24.4 Å². The van der Waals surface area contributed by atoms with E-state index in [1.807, 2.05) is 25.1 Å². The number of ketones is 1. The van der Waals surface area contributed by atoms with E-state index in [2.05, 4.69) is 11.9 Å². The van der Waals surface area contributed by atoms with E-state index in [0.717, 1.165) is 25.0 Å². The van der Waals surface area contributed by atoms with Crippen molar-refractivity contribution in [1.82, 2.24) is 4.98 Å². The minimum absolute atomic E-state index is 0.0527. The predicted molar refractivity (Wildman–Crippen MR) is 61.8 cm³/mol. The molecule has 0 aliphatic heterocycles. The van der Waals surface area contributed by atoms with Crippen molar-refractivity contribution in [1.29, 1.82) is 0 Å². The molecule has 2 heteroatoms. The van der Waals surface area contributed by atoms with Crippen LogP contribution < -0.4 is 0 Å². The van der Waals surface area contributed by atoms with E-state index in [1.165, 1.54) is 0 Å². The van der Waals surface area contributed by atoms with E-state index < -0.39 is 0 Å². The van der Waals surface area contributed by atoms with E-state index in [9.17, 15) is 4.79 Å². The molecule has 1 aromatic heterocycles. The molecule has 0 saturated carbocycles. The van der Waals surface area contributed by atoms with E-state index in [4.69, 9.17) is 0 Å². The van der Waals surface area contributed by atoms with Crippen LogP contribution in [0.1, 0.15) is 51.1 Å². The molecule has 0 amide bonds. The van der Waals surface area contributed by atoms with Crippen molar-refractivity contribution in [3.05, 3.63) is 30.1 Å². The van der Waals surface area contributed by atoms with Crippen molar-refractivity contribution in [3.8, 4) is 0 Å². The highest BCUT2D eigenvalue weighted by Crippen LogP contribution is 2.16. The minimum Gasteiger partial charge on any atom is -0.299 e. The molecular formula is C13H19NO. The molecule has 2 nitrogen and oxygen atoms in total. The van der Waals surface area contributed by atoms with Crippen LogP contribution in [-0.2, 0) is 4.79 Å². The Morgan fingerprint density at radius 3 is 2.80 bits per heavy atom. The average Bonchev–Trinajstić information content (AvgIpc) is 2.29.